The molecule has 80 valence electrons. The fourth-order valence-corrected chi connectivity index (χ4v) is 1.77. The second kappa shape index (κ2) is 3.95. The molecule has 1 aromatic carbocycles. The Bertz CT molecular complexity index is 474. The summed E-state index contributed by atoms with van der Waals surface area (Å²) in [6, 6.07) is 6.14. The second-order valence-electron chi connectivity index (χ2n) is 3.60. The van der Waals surface area contributed by atoms with Crippen LogP contribution in [0.4, 0.5) is 0 Å². The van der Waals surface area contributed by atoms with E-state index in [0.29, 0.717) is 0 Å². The van der Waals surface area contributed by atoms with Crippen molar-refractivity contribution in [1.29, 1.82) is 0 Å². The first-order valence-corrected chi connectivity index (χ1v) is 4.96. The van der Waals surface area contributed by atoms with Gasteiger partial charge in [0.1, 0.15) is 5.76 Å². The van der Waals surface area contributed by atoms with E-state index in [1.165, 1.54) is 5.56 Å². The van der Waals surface area contributed by atoms with Crippen LogP contribution in [-0.2, 0) is 6.54 Å². The highest BCUT2D eigenvalue weighted by Crippen LogP contribution is 2.30. The van der Waals surface area contributed by atoms with Crippen molar-refractivity contribution >= 4 is 11.0 Å². The first-order chi connectivity index (χ1) is 7.24. The van der Waals surface area contributed by atoms with Crippen molar-refractivity contribution in [1.82, 2.24) is 5.32 Å². The van der Waals surface area contributed by atoms with Crippen LogP contribution in [0.3, 0.4) is 0 Å². The number of furan rings is 1. The zero-order valence-corrected chi connectivity index (χ0v) is 9.26. The molecule has 2 rings (SSSR count). The molecule has 0 unspecified atom stereocenters. The van der Waals surface area contributed by atoms with E-state index in [9.17, 15) is 0 Å². The minimum absolute atomic E-state index is 0.797. The van der Waals surface area contributed by atoms with Gasteiger partial charge in [-0.3, -0.25) is 0 Å². The zero-order chi connectivity index (χ0) is 10.8. The molecule has 1 aromatic heterocycles. The summed E-state index contributed by atoms with van der Waals surface area (Å²) >= 11 is 0. The summed E-state index contributed by atoms with van der Waals surface area (Å²) in [7, 11) is 3.59. The number of aryl methyl sites for hydroxylation is 1. The monoisotopic (exact) mass is 205 g/mol. The van der Waals surface area contributed by atoms with Gasteiger partial charge in [0.2, 0.25) is 0 Å². The molecule has 0 aliphatic heterocycles. The van der Waals surface area contributed by atoms with Gasteiger partial charge < -0.3 is 14.5 Å². The molecule has 0 bridgehead atoms. The van der Waals surface area contributed by atoms with Crippen molar-refractivity contribution in [2.45, 2.75) is 13.5 Å². The SMILES string of the molecule is CNCc1cc(OC)c2oc(C)cc2c1. The number of nitrogens with one attached hydrogen (secondary N) is 1. The quantitative estimate of drug-likeness (QED) is 0.835. The van der Waals surface area contributed by atoms with E-state index >= 15 is 0 Å². The van der Waals surface area contributed by atoms with E-state index in [0.717, 1.165) is 29.0 Å². The number of rotatable bonds is 3. The Balaban J connectivity index is 2.59. The van der Waals surface area contributed by atoms with E-state index < -0.39 is 0 Å². The molecule has 0 aliphatic carbocycles. The number of fused-ring (bicyclic) bond motifs is 1. The number of benzene rings is 1. The summed E-state index contributed by atoms with van der Waals surface area (Å²) < 4.78 is 10.9. The maximum Gasteiger partial charge on any atom is 0.176 e. The van der Waals surface area contributed by atoms with Crippen LogP contribution in [0.2, 0.25) is 0 Å². The van der Waals surface area contributed by atoms with Gasteiger partial charge in [0, 0.05) is 11.9 Å². The fraction of sp³-hybridized carbons (Fsp3) is 0.333. The molecule has 0 amide bonds. The Labute approximate surface area is 89.0 Å². The predicted molar refractivity (Wildman–Crippen MR) is 60.3 cm³/mol. The summed E-state index contributed by atoms with van der Waals surface area (Å²) in [4.78, 5) is 0. The lowest BCUT2D eigenvalue weighted by molar-refractivity contribution is 0.408. The predicted octanol–water partition coefficient (Wildman–Crippen LogP) is 2.47. The minimum Gasteiger partial charge on any atom is -0.493 e. The van der Waals surface area contributed by atoms with Gasteiger partial charge in [-0.15, -0.1) is 0 Å². The summed E-state index contributed by atoms with van der Waals surface area (Å²) in [6.07, 6.45) is 0. The Hall–Kier alpha value is -1.48. The molecule has 15 heavy (non-hydrogen) atoms. The van der Waals surface area contributed by atoms with Gasteiger partial charge in [-0.05, 0) is 37.7 Å². The highest BCUT2D eigenvalue weighted by atomic mass is 16.5. The first kappa shape index (κ1) is 10.1. The van der Waals surface area contributed by atoms with Crippen LogP contribution >= 0.6 is 0 Å². The van der Waals surface area contributed by atoms with E-state index in [1.807, 2.05) is 26.1 Å². The second-order valence-corrected chi connectivity index (χ2v) is 3.60. The maximum atomic E-state index is 5.58. The smallest absolute Gasteiger partial charge is 0.176 e. The summed E-state index contributed by atoms with van der Waals surface area (Å²) in [5.41, 5.74) is 2.03. The highest BCUT2D eigenvalue weighted by molar-refractivity contribution is 5.84. The Kier molecular flexibility index (Phi) is 2.64. The third kappa shape index (κ3) is 1.83. The topological polar surface area (TPSA) is 34.4 Å². The van der Waals surface area contributed by atoms with Crippen LogP contribution in [0.1, 0.15) is 11.3 Å². The van der Waals surface area contributed by atoms with Crippen molar-refractivity contribution in [3.63, 3.8) is 0 Å². The largest absolute Gasteiger partial charge is 0.493 e. The van der Waals surface area contributed by atoms with Gasteiger partial charge in [-0.25, -0.2) is 0 Å². The molecule has 0 spiro atoms. The van der Waals surface area contributed by atoms with Gasteiger partial charge in [0.05, 0.1) is 7.11 Å². The Morgan fingerprint density at radius 3 is 2.80 bits per heavy atom. The van der Waals surface area contributed by atoms with Crippen LogP contribution in [0.5, 0.6) is 5.75 Å². The number of hydrogen-bond donors (Lipinski definition) is 1. The normalized spacial score (nSPS) is 10.9. The summed E-state index contributed by atoms with van der Waals surface area (Å²) in [5.74, 6) is 1.70. The first-order valence-electron chi connectivity index (χ1n) is 4.96. The van der Waals surface area contributed by atoms with Crippen LogP contribution < -0.4 is 10.1 Å². The van der Waals surface area contributed by atoms with E-state index in [-0.39, 0.29) is 0 Å². The standard InChI is InChI=1S/C12H15NO2/c1-8-4-10-5-9(7-13-2)6-11(14-3)12(10)15-8/h4-6,13H,7H2,1-3H3. The lowest BCUT2D eigenvalue weighted by atomic mass is 10.1. The van der Waals surface area contributed by atoms with Crippen LogP contribution in [0.25, 0.3) is 11.0 Å². The minimum atomic E-state index is 0.797. The van der Waals surface area contributed by atoms with Crippen molar-refractivity contribution < 1.29 is 9.15 Å². The van der Waals surface area contributed by atoms with Gasteiger partial charge in [-0.1, -0.05) is 0 Å². The number of hydrogen-bond acceptors (Lipinski definition) is 3. The van der Waals surface area contributed by atoms with Crippen molar-refractivity contribution in [3.05, 3.63) is 29.5 Å². The van der Waals surface area contributed by atoms with E-state index in [1.54, 1.807) is 7.11 Å². The zero-order valence-electron chi connectivity index (χ0n) is 9.26. The van der Waals surface area contributed by atoms with Crippen LogP contribution in [-0.4, -0.2) is 14.2 Å². The molecule has 0 atom stereocenters. The molecule has 3 heteroatoms. The maximum absolute atomic E-state index is 5.58. The Morgan fingerprint density at radius 2 is 2.13 bits per heavy atom. The van der Waals surface area contributed by atoms with Crippen molar-refractivity contribution in [2.24, 2.45) is 0 Å². The highest BCUT2D eigenvalue weighted by Gasteiger charge is 2.08. The van der Waals surface area contributed by atoms with Gasteiger partial charge >= 0.3 is 0 Å². The summed E-state index contributed by atoms with van der Waals surface area (Å²) in [5, 5.41) is 4.22. The van der Waals surface area contributed by atoms with Crippen molar-refractivity contribution in [3.8, 4) is 5.75 Å². The number of ether oxygens (including phenoxy) is 1. The fourth-order valence-electron chi connectivity index (χ4n) is 1.77. The van der Waals surface area contributed by atoms with Crippen LogP contribution in [0, 0.1) is 6.92 Å². The number of methoxy groups -OCH3 is 1. The Morgan fingerprint density at radius 1 is 1.33 bits per heavy atom. The molecule has 1 N–H and O–H groups in total. The molecular weight excluding hydrogens is 190 g/mol. The van der Waals surface area contributed by atoms with Crippen molar-refractivity contribution in [2.75, 3.05) is 14.2 Å². The molecule has 0 fully saturated rings. The summed E-state index contributed by atoms with van der Waals surface area (Å²) in [6.45, 7) is 2.77. The average Bonchev–Trinajstić information content (AvgIpc) is 2.57. The molecule has 1 heterocycles. The van der Waals surface area contributed by atoms with Gasteiger partial charge in [-0.2, -0.15) is 0 Å². The van der Waals surface area contributed by atoms with Gasteiger partial charge in [0.25, 0.3) is 0 Å². The molecule has 0 radical (unpaired) electrons. The molecule has 2 aromatic rings. The molecule has 3 nitrogen and oxygen atoms in total. The lowest BCUT2D eigenvalue weighted by Gasteiger charge is -2.04. The lowest BCUT2D eigenvalue weighted by Crippen LogP contribution is -2.04. The third-order valence-corrected chi connectivity index (χ3v) is 2.37. The molecular formula is C12H15NO2. The van der Waals surface area contributed by atoms with E-state index in [2.05, 4.69) is 11.4 Å². The molecule has 0 saturated heterocycles. The molecule has 0 aliphatic rings. The van der Waals surface area contributed by atoms with Gasteiger partial charge in [0.15, 0.2) is 11.3 Å². The average molecular weight is 205 g/mol. The van der Waals surface area contributed by atoms with Crippen LogP contribution in [0.15, 0.2) is 22.6 Å². The van der Waals surface area contributed by atoms with E-state index in [4.69, 9.17) is 9.15 Å². The molecule has 0 saturated carbocycles. The third-order valence-electron chi connectivity index (χ3n) is 2.37.